The van der Waals surface area contributed by atoms with Crippen LogP contribution in [0.2, 0.25) is 10.0 Å². The van der Waals surface area contributed by atoms with Crippen LogP contribution in [0.3, 0.4) is 0 Å². The lowest BCUT2D eigenvalue weighted by atomic mass is 10.1. The number of anilines is 1. The van der Waals surface area contributed by atoms with Crippen LogP contribution in [0.4, 0.5) is 11.4 Å². The van der Waals surface area contributed by atoms with Gasteiger partial charge in [-0.3, -0.25) is 14.9 Å². The van der Waals surface area contributed by atoms with Gasteiger partial charge in [-0.1, -0.05) is 29.3 Å². The summed E-state index contributed by atoms with van der Waals surface area (Å²) in [6.07, 6.45) is 0. The molecule has 9 heteroatoms. The molecule has 2 aromatic rings. The fourth-order valence-corrected chi connectivity index (χ4v) is 2.26. The Bertz CT molecular complexity index is 854. The van der Waals surface area contributed by atoms with Gasteiger partial charge < -0.3 is 10.1 Å². The van der Waals surface area contributed by atoms with E-state index in [0.29, 0.717) is 10.6 Å². The molecule has 0 aromatic heterocycles. The molecule has 0 fully saturated rings. The van der Waals surface area contributed by atoms with Gasteiger partial charge in [-0.25, -0.2) is 4.79 Å². The van der Waals surface area contributed by atoms with Gasteiger partial charge in [0.15, 0.2) is 6.61 Å². The van der Waals surface area contributed by atoms with E-state index < -0.39 is 23.4 Å². The molecule has 0 spiro atoms. The lowest BCUT2D eigenvalue weighted by Gasteiger charge is -2.08. The minimum Gasteiger partial charge on any atom is -0.452 e. The number of nitrogens with zero attached hydrogens (tertiary/aromatic N) is 1. The highest BCUT2D eigenvalue weighted by Crippen LogP contribution is 2.25. The summed E-state index contributed by atoms with van der Waals surface area (Å²) in [4.78, 5) is 34.1. The molecule has 1 N–H and O–H groups in total. The second-order valence-corrected chi connectivity index (χ2v) is 5.85. The molecule has 0 aliphatic heterocycles. The van der Waals surface area contributed by atoms with Crippen LogP contribution >= 0.6 is 23.2 Å². The molecule has 0 saturated carbocycles. The molecule has 0 radical (unpaired) electrons. The lowest BCUT2D eigenvalue weighted by Crippen LogP contribution is -2.21. The number of carbonyl (C=O) groups is 2. The van der Waals surface area contributed by atoms with Gasteiger partial charge in [0.1, 0.15) is 0 Å². The fourth-order valence-electron chi connectivity index (χ4n) is 1.93. The Morgan fingerprint density at radius 1 is 1.20 bits per heavy atom. The summed E-state index contributed by atoms with van der Waals surface area (Å²) in [5.74, 6) is -1.48. The molecular weight excluding hydrogens is 371 g/mol. The van der Waals surface area contributed by atoms with E-state index in [1.807, 2.05) is 0 Å². The molecule has 0 aliphatic rings. The van der Waals surface area contributed by atoms with Crippen molar-refractivity contribution in [1.82, 2.24) is 0 Å². The quantitative estimate of drug-likeness (QED) is 0.478. The van der Waals surface area contributed by atoms with Crippen LogP contribution in [-0.4, -0.2) is 23.4 Å². The number of amides is 1. The van der Waals surface area contributed by atoms with E-state index >= 15 is 0 Å². The zero-order chi connectivity index (χ0) is 18.6. The van der Waals surface area contributed by atoms with Crippen molar-refractivity contribution in [2.45, 2.75) is 6.92 Å². The Kier molecular flexibility index (Phi) is 5.95. The molecule has 0 aliphatic carbocycles. The minimum atomic E-state index is -0.851. The number of carbonyl (C=O) groups excluding carboxylic acids is 2. The van der Waals surface area contributed by atoms with Crippen molar-refractivity contribution in [2.75, 3.05) is 11.9 Å². The molecule has 0 bridgehead atoms. The van der Waals surface area contributed by atoms with Crippen LogP contribution in [0.5, 0.6) is 0 Å². The topological polar surface area (TPSA) is 98.5 Å². The molecule has 130 valence electrons. The number of ether oxygens (including phenoxy) is 1. The Morgan fingerprint density at radius 2 is 1.92 bits per heavy atom. The Hall–Kier alpha value is -2.64. The van der Waals surface area contributed by atoms with Crippen LogP contribution in [0.25, 0.3) is 0 Å². The molecule has 2 aromatic carbocycles. The Labute approximate surface area is 152 Å². The number of nitrogens with one attached hydrogen (secondary N) is 1. The summed E-state index contributed by atoms with van der Waals surface area (Å²) in [5.41, 5.74) is 0.464. The van der Waals surface area contributed by atoms with E-state index in [1.165, 1.54) is 24.3 Å². The minimum absolute atomic E-state index is 0.0223. The highest BCUT2D eigenvalue weighted by molar-refractivity contribution is 6.35. The molecule has 0 heterocycles. The van der Waals surface area contributed by atoms with Crippen molar-refractivity contribution in [3.05, 3.63) is 67.7 Å². The first-order valence-electron chi connectivity index (χ1n) is 6.95. The van der Waals surface area contributed by atoms with Gasteiger partial charge in [0.05, 0.1) is 21.2 Å². The van der Waals surface area contributed by atoms with Crippen LogP contribution in [-0.2, 0) is 9.53 Å². The first-order valence-corrected chi connectivity index (χ1v) is 7.70. The Balaban J connectivity index is 2.00. The first-order chi connectivity index (χ1) is 11.8. The number of nitro benzene ring substituents is 1. The number of halogens is 2. The summed E-state index contributed by atoms with van der Waals surface area (Å²) in [6, 6.07) is 8.44. The van der Waals surface area contributed by atoms with Gasteiger partial charge in [-0.15, -0.1) is 0 Å². The smallest absolute Gasteiger partial charge is 0.338 e. The summed E-state index contributed by atoms with van der Waals surface area (Å²) in [6.45, 7) is 0.971. The van der Waals surface area contributed by atoms with E-state index in [2.05, 4.69) is 5.32 Å². The second-order valence-electron chi connectivity index (χ2n) is 5.01. The average Bonchev–Trinajstić information content (AvgIpc) is 2.56. The first kappa shape index (κ1) is 18.7. The molecule has 7 nitrogen and oxygen atoms in total. The molecule has 1 amide bonds. The zero-order valence-electron chi connectivity index (χ0n) is 12.9. The summed E-state index contributed by atoms with van der Waals surface area (Å²) in [5, 5.41) is 14.0. The third-order valence-electron chi connectivity index (χ3n) is 3.18. The van der Waals surface area contributed by atoms with Crippen molar-refractivity contribution >= 4 is 46.5 Å². The van der Waals surface area contributed by atoms with Crippen LogP contribution < -0.4 is 5.32 Å². The molecule has 0 unspecified atom stereocenters. The average molecular weight is 383 g/mol. The van der Waals surface area contributed by atoms with Crippen molar-refractivity contribution < 1.29 is 19.2 Å². The number of nitro groups is 1. The highest BCUT2D eigenvalue weighted by Gasteiger charge is 2.17. The summed E-state index contributed by atoms with van der Waals surface area (Å²) >= 11 is 11.7. The SMILES string of the molecule is Cc1ccc(C(=O)OCC(=O)Nc2cc(Cl)ccc2Cl)cc1[N+](=O)[O-]. The summed E-state index contributed by atoms with van der Waals surface area (Å²) in [7, 11) is 0. The number of hydrogen-bond acceptors (Lipinski definition) is 5. The normalized spacial score (nSPS) is 10.2. The fraction of sp³-hybridized carbons (Fsp3) is 0.125. The number of rotatable bonds is 5. The molecule has 25 heavy (non-hydrogen) atoms. The van der Waals surface area contributed by atoms with Crippen molar-refractivity contribution in [3.8, 4) is 0 Å². The van der Waals surface area contributed by atoms with Crippen LogP contribution in [0.15, 0.2) is 36.4 Å². The maximum Gasteiger partial charge on any atom is 0.338 e. The van der Waals surface area contributed by atoms with Crippen molar-refractivity contribution in [2.24, 2.45) is 0 Å². The van der Waals surface area contributed by atoms with E-state index in [9.17, 15) is 19.7 Å². The highest BCUT2D eigenvalue weighted by atomic mass is 35.5. The predicted octanol–water partition coefficient (Wildman–Crippen LogP) is 4.01. The van der Waals surface area contributed by atoms with E-state index in [-0.39, 0.29) is 22.0 Å². The van der Waals surface area contributed by atoms with Gasteiger partial charge in [0, 0.05) is 16.7 Å². The third-order valence-corrected chi connectivity index (χ3v) is 3.74. The molecule has 2 rings (SSSR count). The largest absolute Gasteiger partial charge is 0.452 e. The predicted molar refractivity (Wildman–Crippen MR) is 93.2 cm³/mol. The standard InChI is InChI=1S/C16H12Cl2N2O5/c1-9-2-3-10(6-14(9)20(23)24)16(22)25-8-15(21)19-13-7-11(17)4-5-12(13)18/h2-7H,8H2,1H3,(H,19,21). The number of aryl methyl sites for hydroxylation is 1. The van der Waals surface area contributed by atoms with Gasteiger partial charge in [-0.2, -0.15) is 0 Å². The lowest BCUT2D eigenvalue weighted by molar-refractivity contribution is -0.385. The van der Waals surface area contributed by atoms with E-state index in [4.69, 9.17) is 27.9 Å². The van der Waals surface area contributed by atoms with Crippen molar-refractivity contribution in [3.63, 3.8) is 0 Å². The van der Waals surface area contributed by atoms with Gasteiger partial charge in [0.25, 0.3) is 11.6 Å². The van der Waals surface area contributed by atoms with Gasteiger partial charge in [-0.05, 0) is 31.2 Å². The van der Waals surface area contributed by atoms with E-state index in [0.717, 1.165) is 6.07 Å². The number of hydrogen-bond donors (Lipinski definition) is 1. The molecule has 0 saturated heterocycles. The van der Waals surface area contributed by atoms with E-state index in [1.54, 1.807) is 13.0 Å². The zero-order valence-corrected chi connectivity index (χ0v) is 14.4. The summed E-state index contributed by atoms with van der Waals surface area (Å²) < 4.78 is 4.86. The van der Waals surface area contributed by atoms with Gasteiger partial charge >= 0.3 is 5.97 Å². The monoisotopic (exact) mass is 382 g/mol. The van der Waals surface area contributed by atoms with Gasteiger partial charge in [0.2, 0.25) is 0 Å². The second kappa shape index (κ2) is 7.96. The van der Waals surface area contributed by atoms with Crippen LogP contribution in [0.1, 0.15) is 15.9 Å². The molecular formula is C16H12Cl2N2O5. The number of esters is 1. The maximum atomic E-state index is 11.9. The molecule has 0 atom stereocenters. The Morgan fingerprint density at radius 3 is 2.60 bits per heavy atom. The van der Waals surface area contributed by atoms with Crippen LogP contribution in [0, 0.1) is 17.0 Å². The third kappa shape index (κ3) is 4.91. The maximum absolute atomic E-state index is 11.9. The van der Waals surface area contributed by atoms with Crippen molar-refractivity contribution in [1.29, 1.82) is 0 Å². The number of benzene rings is 2.